The molecule has 0 radical (unpaired) electrons. The van der Waals surface area contributed by atoms with Crippen molar-refractivity contribution in [2.75, 3.05) is 19.6 Å². The van der Waals surface area contributed by atoms with Gasteiger partial charge in [-0.1, -0.05) is 24.3 Å². The smallest absolute Gasteiger partial charge is 0.272 e. The molecule has 1 fully saturated rings. The van der Waals surface area contributed by atoms with Crippen molar-refractivity contribution < 1.29 is 9.53 Å². The van der Waals surface area contributed by atoms with Crippen LogP contribution < -0.4 is 10.1 Å². The molecule has 6 heteroatoms. The first-order valence-electron chi connectivity index (χ1n) is 9.84. The number of benzene rings is 1. The zero-order valence-electron chi connectivity index (χ0n) is 16.0. The molecule has 144 valence electrons. The molecule has 0 saturated carbocycles. The molecule has 3 aromatic rings. The number of hydrogen-bond acceptors (Lipinski definition) is 4. The summed E-state index contributed by atoms with van der Waals surface area (Å²) >= 11 is 0. The van der Waals surface area contributed by atoms with E-state index in [9.17, 15) is 4.79 Å². The van der Waals surface area contributed by atoms with Crippen LogP contribution in [-0.2, 0) is 6.54 Å². The van der Waals surface area contributed by atoms with Gasteiger partial charge in [-0.05, 0) is 24.6 Å². The Morgan fingerprint density at radius 1 is 1.18 bits per heavy atom. The summed E-state index contributed by atoms with van der Waals surface area (Å²) in [4.78, 5) is 19.4. The molecule has 6 nitrogen and oxygen atoms in total. The van der Waals surface area contributed by atoms with E-state index in [0.717, 1.165) is 42.9 Å². The van der Waals surface area contributed by atoms with Gasteiger partial charge in [-0.2, -0.15) is 0 Å². The third-order valence-corrected chi connectivity index (χ3v) is 5.90. The SMILES string of the molecule is Cc1ccc2ncc(C(=O)N3CCC4(CC3)CNCc3ccccc3O4)n2c1. The molecule has 0 bridgehead atoms. The van der Waals surface area contributed by atoms with Gasteiger partial charge < -0.3 is 15.0 Å². The largest absolute Gasteiger partial charge is 0.485 e. The summed E-state index contributed by atoms with van der Waals surface area (Å²) in [5.74, 6) is 1.000. The zero-order valence-corrected chi connectivity index (χ0v) is 16.0. The molecule has 1 spiro atoms. The highest BCUT2D eigenvalue weighted by Gasteiger charge is 2.39. The van der Waals surface area contributed by atoms with E-state index in [1.807, 2.05) is 52.8 Å². The van der Waals surface area contributed by atoms with Gasteiger partial charge in [-0.25, -0.2) is 4.98 Å². The van der Waals surface area contributed by atoms with Gasteiger partial charge in [-0.3, -0.25) is 9.20 Å². The van der Waals surface area contributed by atoms with E-state index in [1.165, 1.54) is 5.56 Å². The minimum atomic E-state index is -0.251. The summed E-state index contributed by atoms with van der Waals surface area (Å²) < 4.78 is 8.36. The summed E-state index contributed by atoms with van der Waals surface area (Å²) in [6.45, 7) is 5.01. The number of hydrogen-bond donors (Lipinski definition) is 1. The predicted molar refractivity (Wildman–Crippen MR) is 107 cm³/mol. The van der Waals surface area contributed by atoms with Gasteiger partial charge >= 0.3 is 0 Å². The van der Waals surface area contributed by atoms with Gasteiger partial charge in [0.05, 0.1) is 6.20 Å². The number of ether oxygens (including phenoxy) is 1. The molecule has 1 saturated heterocycles. The highest BCUT2D eigenvalue weighted by Crippen LogP contribution is 2.33. The van der Waals surface area contributed by atoms with Gasteiger partial charge in [0.2, 0.25) is 0 Å². The minimum Gasteiger partial charge on any atom is -0.485 e. The molecule has 0 unspecified atom stereocenters. The van der Waals surface area contributed by atoms with E-state index in [4.69, 9.17) is 4.74 Å². The van der Waals surface area contributed by atoms with E-state index < -0.39 is 0 Å². The molecule has 1 aromatic carbocycles. The first kappa shape index (κ1) is 17.3. The van der Waals surface area contributed by atoms with Crippen LogP contribution in [0.5, 0.6) is 5.75 Å². The Hall–Kier alpha value is -2.86. The number of pyridine rings is 1. The Bertz CT molecular complexity index is 1030. The molecule has 0 aliphatic carbocycles. The summed E-state index contributed by atoms with van der Waals surface area (Å²) in [6.07, 6.45) is 5.28. The summed E-state index contributed by atoms with van der Waals surface area (Å²) in [7, 11) is 0. The molecule has 28 heavy (non-hydrogen) atoms. The molecule has 5 rings (SSSR count). The Kier molecular flexibility index (Phi) is 4.09. The lowest BCUT2D eigenvalue weighted by molar-refractivity contribution is 0.00745. The number of rotatable bonds is 1. The van der Waals surface area contributed by atoms with Gasteiger partial charge in [0.15, 0.2) is 0 Å². The average molecular weight is 376 g/mol. The van der Waals surface area contributed by atoms with E-state index in [0.29, 0.717) is 18.8 Å². The number of carbonyl (C=O) groups excluding carboxylic acids is 1. The number of nitrogens with zero attached hydrogens (tertiary/aromatic N) is 3. The van der Waals surface area contributed by atoms with Crippen LogP contribution in [0.25, 0.3) is 5.65 Å². The minimum absolute atomic E-state index is 0.0370. The Morgan fingerprint density at radius 2 is 2.00 bits per heavy atom. The van der Waals surface area contributed by atoms with Crippen LogP contribution >= 0.6 is 0 Å². The van der Waals surface area contributed by atoms with Crippen molar-refractivity contribution in [2.45, 2.75) is 31.9 Å². The van der Waals surface area contributed by atoms with Gasteiger partial charge in [0.1, 0.15) is 22.7 Å². The normalized spacial score (nSPS) is 18.5. The quantitative estimate of drug-likeness (QED) is 0.710. The lowest BCUT2D eigenvalue weighted by Crippen LogP contribution is -2.53. The van der Waals surface area contributed by atoms with Crippen LogP contribution in [0.1, 0.15) is 34.5 Å². The Morgan fingerprint density at radius 3 is 2.86 bits per heavy atom. The van der Waals surface area contributed by atoms with Gasteiger partial charge in [-0.15, -0.1) is 0 Å². The van der Waals surface area contributed by atoms with Crippen molar-refractivity contribution in [3.05, 3.63) is 65.6 Å². The molecular weight excluding hydrogens is 352 g/mol. The fraction of sp³-hybridized carbons (Fsp3) is 0.364. The van der Waals surface area contributed by atoms with Crippen LogP contribution in [0.3, 0.4) is 0 Å². The Labute approximate surface area is 164 Å². The second-order valence-corrected chi connectivity index (χ2v) is 7.87. The summed E-state index contributed by atoms with van der Waals surface area (Å²) in [6, 6.07) is 12.2. The molecule has 0 atom stereocenters. The maximum absolute atomic E-state index is 13.1. The number of nitrogens with one attached hydrogen (secondary N) is 1. The highest BCUT2D eigenvalue weighted by atomic mass is 16.5. The third-order valence-electron chi connectivity index (χ3n) is 5.90. The number of aromatic nitrogens is 2. The van der Waals surface area contributed by atoms with E-state index in [1.54, 1.807) is 6.20 Å². The third kappa shape index (κ3) is 2.94. The molecular formula is C22H24N4O2. The lowest BCUT2D eigenvalue weighted by atomic mass is 9.90. The fourth-order valence-corrected chi connectivity index (χ4v) is 4.25. The summed E-state index contributed by atoms with van der Waals surface area (Å²) in [5.41, 5.74) is 3.47. The zero-order chi connectivity index (χ0) is 19.1. The van der Waals surface area contributed by atoms with Gasteiger partial charge in [0, 0.05) is 50.8 Å². The van der Waals surface area contributed by atoms with Crippen LogP contribution in [-0.4, -0.2) is 45.4 Å². The predicted octanol–water partition coefficient (Wildman–Crippen LogP) is 2.80. The maximum Gasteiger partial charge on any atom is 0.272 e. The van der Waals surface area contributed by atoms with Crippen molar-refractivity contribution in [1.82, 2.24) is 19.6 Å². The number of imidazole rings is 1. The molecule has 2 aliphatic rings. The number of carbonyl (C=O) groups is 1. The lowest BCUT2D eigenvalue weighted by Gasteiger charge is -2.41. The number of aryl methyl sites for hydroxylation is 1. The van der Waals surface area contributed by atoms with Crippen molar-refractivity contribution >= 4 is 11.6 Å². The van der Waals surface area contributed by atoms with Crippen LogP contribution in [0, 0.1) is 6.92 Å². The Balaban J connectivity index is 1.34. The second-order valence-electron chi connectivity index (χ2n) is 7.87. The standard InChI is InChI=1S/C22H24N4O2/c1-16-6-7-20-24-13-18(26(20)14-16)21(27)25-10-8-22(9-11-25)15-23-12-17-4-2-3-5-19(17)28-22/h2-7,13-14,23H,8-12,15H2,1H3. The number of likely N-dealkylation sites (tertiary alicyclic amines) is 1. The number of amides is 1. The van der Waals surface area contributed by atoms with Crippen molar-refractivity contribution in [3.63, 3.8) is 0 Å². The first-order chi connectivity index (χ1) is 13.6. The highest BCUT2D eigenvalue weighted by molar-refractivity contribution is 5.93. The number of fused-ring (bicyclic) bond motifs is 2. The fourth-order valence-electron chi connectivity index (χ4n) is 4.25. The van der Waals surface area contributed by atoms with E-state index in [-0.39, 0.29) is 11.5 Å². The first-order valence-corrected chi connectivity index (χ1v) is 9.84. The monoisotopic (exact) mass is 376 g/mol. The topological polar surface area (TPSA) is 58.9 Å². The molecule has 1 N–H and O–H groups in total. The van der Waals surface area contributed by atoms with E-state index >= 15 is 0 Å². The van der Waals surface area contributed by atoms with Crippen LogP contribution in [0.4, 0.5) is 0 Å². The van der Waals surface area contributed by atoms with Crippen molar-refractivity contribution in [3.8, 4) is 5.75 Å². The van der Waals surface area contributed by atoms with Crippen LogP contribution in [0.15, 0.2) is 48.8 Å². The number of piperidine rings is 1. The van der Waals surface area contributed by atoms with Gasteiger partial charge in [0.25, 0.3) is 5.91 Å². The van der Waals surface area contributed by atoms with Crippen molar-refractivity contribution in [2.24, 2.45) is 0 Å². The maximum atomic E-state index is 13.1. The second kappa shape index (κ2) is 6.63. The molecule has 2 aromatic heterocycles. The number of para-hydroxylation sites is 1. The van der Waals surface area contributed by atoms with Crippen molar-refractivity contribution in [1.29, 1.82) is 0 Å². The molecule has 4 heterocycles. The molecule has 2 aliphatic heterocycles. The summed E-state index contributed by atoms with van der Waals surface area (Å²) in [5, 5.41) is 3.52. The molecule has 1 amide bonds. The van der Waals surface area contributed by atoms with Crippen LogP contribution in [0.2, 0.25) is 0 Å². The van der Waals surface area contributed by atoms with E-state index in [2.05, 4.69) is 16.4 Å². The average Bonchev–Trinajstić information content (AvgIpc) is 3.03.